The monoisotopic (exact) mass is 475 g/mol. The molecule has 2 unspecified atom stereocenters. The molecule has 0 saturated heterocycles. The molecule has 2 aliphatic rings. The van der Waals surface area contributed by atoms with Crippen LogP contribution >= 0.6 is 0 Å². The van der Waals surface area contributed by atoms with Crippen LogP contribution in [0.4, 0.5) is 4.39 Å². The third-order valence-corrected chi connectivity index (χ3v) is 8.78. The van der Waals surface area contributed by atoms with Crippen LogP contribution in [0.5, 0.6) is 0 Å². The Morgan fingerprint density at radius 2 is 1.91 bits per heavy atom. The van der Waals surface area contributed by atoms with E-state index in [1.54, 1.807) is 6.07 Å². The van der Waals surface area contributed by atoms with Crippen molar-refractivity contribution in [3.8, 4) is 0 Å². The van der Waals surface area contributed by atoms with E-state index in [2.05, 4.69) is 60.1 Å². The standard InChI is InChI=1S/C30H38FN3O/c1-4-30(33(2)3,22-12-9-13-23(31)20-22)18-16-27-28-25(24-14-7-8-15-26(24)32-28)17-19-34(27)29(35)21-10-5-6-11-21/h7-9,12-15,20-21,27,32H,4-6,10-11,16-19H2,1-3H3. The van der Waals surface area contributed by atoms with E-state index in [0.29, 0.717) is 5.91 Å². The van der Waals surface area contributed by atoms with E-state index in [9.17, 15) is 9.18 Å². The number of rotatable bonds is 7. The number of H-pyrrole nitrogens is 1. The molecular formula is C30H38FN3O. The summed E-state index contributed by atoms with van der Waals surface area (Å²) in [5.41, 5.74) is 4.42. The van der Waals surface area contributed by atoms with Gasteiger partial charge in [0.2, 0.25) is 5.91 Å². The first-order valence-electron chi connectivity index (χ1n) is 13.3. The smallest absolute Gasteiger partial charge is 0.226 e. The van der Waals surface area contributed by atoms with E-state index in [1.807, 2.05) is 12.1 Å². The lowest BCUT2D eigenvalue weighted by molar-refractivity contribution is -0.138. The zero-order valence-corrected chi connectivity index (χ0v) is 21.3. The van der Waals surface area contributed by atoms with E-state index in [4.69, 9.17) is 0 Å². The number of carbonyl (C=O) groups is 1. The van der Waals surface area contributed by atoms with Gasteiger partial charge in [-0.1, -0.05) is 50.1 Å². The number of hydrogen-bond acceptors (Lipinski definition) is 2. The first-order chi connectivity index (χ1) is 16.9. The van der Waals surface area contributed by atoms with Crippen molar-refractivity contribution in [1.82, 2.24) is 14.8 Å². The first kappa shape index (κ1) is 24.1. The molecule has 4 nitrogen and oxygen atoms in total. The Hall–Kier alpha value is -2.66. The van der Waals surface area contributed by atoms with Crippen LogP contribution in [-0.4, -0.2) is 41.3 Å². The number of para-hydroxylation sites is 1. The number of hydrogen-bond donors (Lipinski definition) is 1. The molecule has 186 valence electrons. The van der Waals surface area contributed by atoms with Crippen molar-refractivity contribution in [2.45, 2.75) is 69.9 Å². The van der Waals surface area contributed by atoms with Gasteiger partial charge in [0, 0.05) is 34.6 Å². The lowest BCUT2D eigenvalue weighted by Crippen LogP contribution is -2.45. The number of carbonyl (C=O) groups excluding carboxylic acids is 1. The zero-order chi connectivity index (χ0) is 24.6. The van der Waals surface area contributed by atoms with Crippen LogP contribution in [-0.2, 0) is 16.8 Å². The molecule has 5 heteroatoms. The van der Waals surface area contributed by atoms with Crippen LogP contribution in [0.15, 0.2) is 48.5 Å². The van der Waals surface area contributed by atoms with Gasteiger partial charge >= 0.3 is 0 Å². The van der Waals surface area contributed by atoms with Gasteiger partial charge in [0.15, 0.2) is 0 Å². The second-order valence-corrected chi connectivity index (χ2v) is 10.7. The van der Waals surface area contributed by atoms with E-state index < -0.39 is 0 Å². The maximum Gasteiger partial charge on any atom is 0.226 e. The molecule has 1 fully saturated rings. The van der Waals surface area contributed by atoms with Gasteiger partial charge in [0.25, 0.3) is 0 Å². The van der Waals surface area contributed by atoms with Gasteiger partial charge in [-0.15, -0.1) is 0 Å². The molecule has 1 saturated carbocycles. The summed E-state index contributed by atoms with van der Waals surface area (Å²) in [7, 11) is 4.18. The lowest BCUT2D eigenvalue weighted by Gasteiger charge is -2.43. The zero-order valence-electron chi connectivity index (χ0n) is 21.3. The fourth-order valence-electron chi connectivity index (χ4n) is 6.77. The SMILES string of the molecule is CCC(CCC1c2[nH]c3ccccc3c2CCN1C(=O)C1CCCC1)(c1cccc(F)c1)N(C)C. The van der Waals surface area contributed by atoms with Crippen LogP contribution in [0.3, 0.4) is 0 Å². The summed E-state index contributed by atoms with van der Waals surface area (Å²) >= 11 is 0. The van der Waals surface area contributed by atoms with Crippen molar-refractivity contribution >= 4 is 16.8 Å². The minimum atomic E-state index is -0.298. The summed E-state index contributed by atoms with van der Waals surface area (Å²) in [4.78, 5) is 21.8. The van der Waals surface area contributed by atoms with Gasteiger partial charge in [-0.25, -0.2) is 4.39 Å². The average Bonchev–Trinajstić information content (AvgIpc) is 3.52. The van der Waals surface area contributed by atoms with E-state index in [0.717, 1.165) is 69.0 Å². The molecule has 0 radical (unpaired) electrons. The van der Waals surface area contributed by atoms with Gasteiger partial charge in [-0.2, -0.15) is 0 Å². The summed E-state index contributed by atoms with van der Waals surface area (Å²) < 4.78 is 14.3. The first-order valence-corrected chi connectivity index (χ1v) is 13.3. The lowest BCUT2D eigenvalue weighted by atomic mass is 9.79. The minimum Gasteiger partial charge on any atom is -0.356 e. The quantitative estimate of drug-likeness (QED) is 0.420. The molecule has 5 rings (SSSR count). The van der Waals surface area contributed by atoms with Crippen molar-refractivity contribution in [3.63, 3.8) is 0 Å². The van der Waals surface area contributed by atoms with Crippen LogP contribution in [0.1, 0.15) is 74.7 Å². The fourth-order valence-corrected chi connectivity index (χ4v) is 6.77. The Bertz CT molecular complexity index is 1200. The van der Waals surface area contributed by atoms with Crippen molar-refractivity contribution in [1.29, 1.82) is 0 Å². The maximum atomic E-state index is 14.3. The van der Waals surface area contributed by atoms with Gasteiger partial charge in [-0.3, -0.25) is 9.69 Å². The Labute approximate surface area is 208 Å². The number of fused-ring (bicyclic) bond motifs is 3. The summed E-state index contributed by atoms with van der Waals surface area (Å²) in [5, 5.41) is 1.28. The van der Waals surface area contributed by atoms with Gasteiger partial charge in [-0.05, 0) is 81.9 Å². The molecule has 1 aliphatic heterocycles. The van der Waals surface area contributed by atoms with E-state index >= 15 is 0 Å². The van der Waals surface area contributed by atoms with Crippen LogP contribution < -0.4 is 0 Å². The fraction of sp³-hybridized carbons (Fsp3) is 0.500. The molecule has 2 heterocycles. The number of aromatic nitrogens is 1. The molecule has 0 bridgehead atoms. The van der Waals surface area contributed by atoms with Crippen molar-refractivity contribution in [3.05, 3.63) is 71.2 Å². The Morgan fingerprint density at radius 3 is 2.63 bits per heavy atom. The Balaban J connectivity index is 1.52. The third-order valence-electron chi connectivity index (χ3n) is 8.78. The third kappa shape index (κ3) is 4.29. The number of nitrogens with zero attached hydrogens (tertiary/aromatic N) is 2. The van der Waals surface area contributed by atoms with Crippen molar-refractivity contribution < 1.29 is 9.18 Å². The van der Waals surface area contributed by atoms with E-state index in [-0.39, 0.29) is 23.3 Å². The molecule has 1 aromatic heterocycles. The topological polar surface area (TPSA) is 39.3 Å². The molecule has 0 spiro atoms. The maximum absolute atomic E-state index is 14.3. The second-order valence-electron chi connectivity index (χ2n) is 10.7. The number of aromatic amines is 1. The summed E-state index contributed by atoms with van der Waals surface area (Å²) in [6.07, 6.45) is 7.78. The molecule has 2 atom stereocenters. The molecular weight excluding hydrogens is 437 g/mol. The number of benzene rings is 2. The molecule has 1 N–H and O–H groups in total. The normalized spacial score (nSPS) is 20.4. The molecule has 2 aromatic carbocycles. The number of amides is 1. The van der Waals surface area contributed by atoms with Crippen molar-refractivity contribution in [2.75, 3.05) is 20.6 Å². The highest BCUT2D eigenvalue weighted by molar-refractivity contribution is 5.86. The van der Waals surface area contributed by atoms with Gasteiger partial charge in [0.05, 0.1) is 6.04 Å². The molecule has 1 aliphatic carbocycles. The van der Waals surface area contributed by atoms with E-state index in [1.165, 1.54) is 22.7 Å². The average molecular weight is 476 g/mol. The highest BCUT2D eigenvalue weighted by Crippen LogP contribution is 2.43. The van der Waals surface area contributed by atoms with Crippen LogP contribution in [0.25, 0.3) is 10.9 Å². The van der Waals surface area contributed by atoms with Crippen LogP contribution in [0, 0.1) is 11.7 Å². The summed E-state index contributed by atoms with van der Waals surface area (Å²) in [6, 6.07) is 15.6. The molecule has 1 amide bonds. The highest BCUT2D eigenvalue weighted by Gasteiger charge is 2.40. The predicted molar refractivity (Wildman–Crippen MR) is 140 cm³/mol. The largest absolute Gasteiger partial charge is 0.356 e. The molecule has 3 aromatic rings. The summed E-state index contributed by atoms with van der Waals surface area (Å²) in [5.74, 6) is 0.293. The van der Waals surface area contributed by atoms with Gasteiger partial charge in [0.1, 0.15) is 5.82 Å². The molecule has 35 heavy (non-hydrogen) atoms. The van der Waals surface area contributed by atoms with Crippen molar-refractivity contribution in [2.24, 2.45) is 5.92 Å². The number of halogens is 1. The Kier molecular flexibility index (Phi) is 6.71. The second kappa shape index (κ2) is 9.77. The summed E-state index contributed by atoms with van der Waals surface area (Å²) in [6.45, 7) is 2.96. The number of nitrogens with one attached hydrogen (secondary N) is 1. The minimum absolute atomic E-state index is 0.0127. The Morgan fingerprint density at radius 1 is 1.14 bits per heavy atom. The predicted octanol–water partition coefficient (Wildman–Crippen LogP) is 6.57. The van der Waals surface area contributed by atoms with Gasteiger partial charge < -0.3 is 9.88 Å². The van der Waals surface area contributed by atoms with Crippen LogP contribution in [0.2, 0.25) is 0 Å². The highest BCUT2D eigenvalue weighted by atomic mass is 19.1.